The smallest absolute Gasteiger partial charge is 0.237 e. The van der Waals surface area contributed by atoms with Crippen LogP contribution in [0.15, 0.2) is 24.3 Å². The molecule has 0 radical (unpaired) electrons. The minimum Gasteiger partial charge on any atom is -0.378 e. The van der Waals surface area contributed by atoms with E-state index in [0.29, 0.717) is 26.3 Å². The van der Waals surface area contributed by atoms with Gasteiger partial charge in [0.05, 0.1) is 13.2 Å². The lowest BCUT2D eigenvalue weighted by atomic mass is 9.90. The van der Waals surface area contributed by atoms with Crippen LogP contribution in [-0.2, 0) is 20.9 Å². The maximum absolute atomic E-state index is 12.8. The first-order valence-electron chi connectivity index (χ1n) is 7.31. The van der Waals surface area contributed by atoms with Gasteiger partial charge in [0.25, 0.3) is 0 Å². The molecule has 1 aliphatic heterocycles. The number of ether oxygens (including phenoxy) is 1. The number of nitrogens with one attached hydrogen (secondary N) is 1. The fraction of sp³-hybridized carbons (Fsp3) is 0.500. The zero-order valence-corrected chi connectivity index (χ0v) is 12.9. The second-order valence-corrected chi connectivity index (χ2v) is 5.84. The number of benzene rings is 1. The van der Waals surface area contributed by atoms with E-state index in [-0.39, 0.29) is 24.2 Å². The number of carbonyl (C=O) groups is 2. The van der Waals surface area contributed by atoms with E-state index in [9.17, 15) is 14.0 Å². The zero-order valence-electron chi connectivity index (χ0n) is 12.9. The molecule has 2 rings (SSSR count). The Bertz CT molecular complexity index is 537. The Morgan fingerprint density at radius 3 is 2.41 bits per heavy atom. The van der Waals surface area contributed by atoms with Crippen LogP contribution in [0.3, 0.4) is 0 Å². The predicted octanol–water partition coefficient (Wildman–Crippen LogP) is 1.33. The van der Waals surface area contributed by atoms with Crippen LogP contribution < -0.4 is 5.32 Å². The number of morpholine rings is 1. The monoisotopic (exact) mass is 308 g/mol. The molecule has 0 aliphatic carbocycles. The molecule has 1 aromatic rings. The van der Waals surface area contributed by atoms with Gasteiger partial charge in [-0.25, -0.2) is 4.39 Å². The molecule has 1 aliphatic rings. The third-order valence-electron chi connectivity index (χ3n) is 3.77. The van der Waals surface area contributed by atoms with Crippen LogP contribution in [0.5, 0.6) is 0 Å². The minimum absolute atomic E-state index is 0.201. The van der Waals surface area contributed by atoms with Gasteiger partial charge >= 0.3 is 0 Å². The molecule has 0 aromatic heterocycles. The molecule has 1 saturated heterocycles. The van der Waals surface area contributed by atoms with Gasteiger partial charge in [0.2, 0.25) is 11.8 Å². The molecule has 6 heteroatoms. The topological polar surface area (TPSA) is 58.6 Å². The van der Waals surface area contributed by atoms with E-state index in [4.69, 9.17) is 4.74 Å². The van der Waals surface area contributed by atoms with Crippen molar-refractivity contribution in [3.63, 3.8) is 0 Å². The molecule has 1 fully saturated rings. The molecule has 1 heterocycles. The third-order valence-corrected chi connectivity index (χ3v) is 3.77. The van der Waals surface area contributed by atoms with Gasteiger partial charge in [-0.2, -0.15) is 0 Å². The van der Waals surface area contributed by atoms with E-state index in [2.05, 4.69) is 5.32 Å². The Morgan fingerprint density at radius 2 is 1.82 bits per heavy atom. The SMILES string of the molecule is CC(C)(C(=O)NCc1ccc(F)cc1)C(=O)N1CCOCC1. The minimum atomic E-state index is -1.14. The van der Waals surface area contributed by atoms with Crippen LogP contribution >= 0.6 is 0 Å². The molecule has 1 aromatic carbocycles. The summed E-state index contributed by atoms with van der Waals surface area (Å²) in [6.45, 7) is 5.51. The third kappa shape index (κ3) is 3.82. The molecule has 0 saturated carbocycles. The lowest BCUT2D eigenvalue weighted by Crippen LogP contribution is -2.52. The number of amides is 2. The van der Waals surface area contributed by atoms with Crippen molar-refractivity contribution < 1.29 is 18.7 Å². The predicted molar refractivity (Wildman–Crippen MR) is 79.4 cm³/mol. The quantitative estimate of drug-likeness (QED) is 0.854. The van der Waals surface area contributed by atoms with Crippen LogP contribution in [-0.4, -0.2) is 43.0 Å². The van der Waals surface area contributed by atoms with Crippen molar-refractivity contribution in [3.8, 4) is 0 Å². The van der Waals surface area contributed by atoms with E-state index in [0.717, 1.165) is 5.56 Å². The van der Waals surface area contributed by atoms with Gasteiger partial charge in [-0.1, -0.05) is 12.1 Å². The molecule has 0 spiro atoms. The van der Waals surface area contributed by atoms with E-state index < -0.39 is 5.41 Å². The van der Waals surface area contributed by atoms with Crippen molar-refractivity contribution in [1.29, 1.82) is 0 Å². The summed E-state index contributed by atoms with van der Waals surface area (Å²) in [5.74, 6) is -0.862. The second kappa shape index (κ2) is 6.87. The Kier molecular flexibility index (Phi) is 5.13. The maximum atomic E-state index is 12.8. The molecule has 0 bridgehead atoms. The summed E-state index contributed by atoms with van der Waals surface area (Å²) in [7, 11) is 0. The molecule has 5 nitrogen and oxygen atoms in total. The molecule has 0 atom stereocenters. The molecule has 1 N–H and O–H groups in total. The molecule has 0 unspecified atom stereocenters. The van der Waals surface area contributed by atoms with Crippen molar-refractivity contribution in [1.82, 2.24) is 10.2 Å². The summed E-state index contributed by atoms with van der Waals surface area (Å²) in [5, 5.41) is 2.74. The van der Waals surface area contributed by atoms with Gasteiger partial charge in [0.1, 0.15) is 11.2 Å². The van der Waals surface area contributed by atoms with Crippen molar-refractivity contribution in [2.45, 2.75) is 20.4 Å². The van der Waals surface area contributed by atoms with Gasteiger partial charge < -0.3 is 15.0 Å². The van der Waals surface area contributed by atoms with E-state index >= 15 is 0 Å². The first kappa shape index (κ1) is 16.4. The number of carbonyl (C=O) groups excluding carboxylic acids is 2. The summed E-state index contributed by atoms with van der Waals surface area (Å²) in [4.78, 5) is 26.5. The normalized spacial score (nSPS) is 15.5. The molecular formula is C16H21FN2O3. The number of rotatable bonds is 4. The molecular weight excluding hydrogens is 287 g/mol. The lowest BCUT2D eigenvalue weighted by molar-refractivity contribution is -0.151. The van der Waals surface area contributed by atoms with Crippen LogP contribution in [0.2, 0.25) is 0 Å². The number of hydrogen-bond donors (Lipinski definition) is 1. The van der Waals surface area contributed by atoms with Crippen molar-refractivity contribution >= 4 is 11.8 Å². The summed E-state index contributed by atoms with van der Waals surface area (Å²) < 4.78 is 18.1. The summed E-state index contributed by atoms with van der Waals surface area (Å²) in [6, 6.07) is 5.88. The largest absolute Gasteiger partial charge is 0.378 e. The Morgan fingerprint density at radius 1 is 1.23 bits per heavy atom. The molecule has 2 amide bonds. The highest BCUT2D eigenvalue weighted by Crippen LogP contribution is 2.20. The highest BCUT2D eigenvalue weighted by Gasteiger charge is 2.39. The highest BCUT2D eigenvalue weighted by atomic mass is 19.1. The van der Waals surface area contributed by atoms with Crippen LogP contribution in [0.25, 0.3) is 0 Å². The second-order valence-electron chi connectivity index (χ2n) is 5.84. The number of nitrogens with zero attached hydrogens (tertiary/aromatic N) is 1. The van der Waals surface area contributed by atoms with Gasteiger partial charge in [-0.15, -0.1) is 0 Å². The van der Waals surface area contributed by atoms with Crippen LogP contribution in [0, 0.1) is 11.2 Å². The van der Waals surface area contributed by atoms with Crippen molar-refractivity contribution in [2.24, 2.45) is 5.41 Å². The maximum Gasteiger partial charge on any atom is 0.237 e. The summed E-state index contributed by atoms with van der Waals surface area (Å²) >= 11 is 0. The Hall–Kier alpha value is -1.95. The molecule has 120 valence electrons. The first-order chi connectivity index (χ1) is 10.4. The standard InChI is InChI=1S/C16H21FN2O3/c1-16(2,15(21)19-7-9-22-10-8-19)14(20)18-11-12-3-5-13(17)6-4-12/h3-6H,7-11H2,1-2H3,(H,18,20). The lowest BCUT2D eigenvalue weighted by Gasteiger charge is -2.33. The highest BCUT2D eigenvalue weighted by molar-refractivity contribution is 6.04. The van der Waals surface area contributed by atoms with E-state index in [1.165, 1.54) is 12.1 Å². The fourth-order valence-electron chi connectivity index (χ4n) is 2.26. The first-order valence-corrected chi connectivity index (χ1v) is 7.31. The average Bonchev–Trinajstić information content (AvgIpc) is 2.54. The van der Waals surface area contributed by atoms with Gasteiger partial charge in [0.15, 0.2) is 0 Å². The van der Waals surface area contributed by atoms with Gasteiger partial charge in [-0.3, -0.25) is 9.59 Å². The number of hydrogen-bond acceptors (Lipinski definition) is 3. The van der Waals surface area contributed by atoms with Gasteiger partial charge in [-0.05, 0) is 31.5 Å². The van der Waals surface area contributed by atoms with Crippen molar-refractivity contribution in [3.05, 3.63) is 35.6 Å². The van der Waals surface area contributed by atoms with Crippen molar-refractivity contribution in [2.75, 3.05) is 26.3 Å². The summed E-state index contributed by atoms with van der Waals surface area (Å²) in [6.07, 6.45) is 0. The van der Waals surface area contributed by atoms with Crippen LogP contribution in [0.4, 0.5) is 4.39 Å². The average molecular weight is 308 g/mol. The van der Waals surface area contributed by atoms with Crippen LogP contribution in [0.1, 0.15) is 19.4 Å². The fourth-order valence-corrected chi connectivity index (χ4v) is 2.26. The van der Waals surface area contributed by atoms with E-state index in [1.54, 1.807) is 30.9 Å². The summed E-state index contributed by atoms with van der Waals surface area (Å²) in [5.41, 5.74) is -0.360. The van der Waals surface area contributed by atoms with E-state index in [1.807, 2.05) is 0 Å². The Balaban J connectivity index is 1.94. The molecule has 22 heavy (non-hydrogen) atoms. The van der Waals surface area contributed by atoms with Gasteiger partial charge in [0, 0.05) is 19.6 Å². The Labute approximate surface area is 129 Å². The zero-order chi connectivity index (χ0) is 16.2. The number of halogens is 1.